The Kier molecular flexibility index (Phi) is 3.09. The van der Waals surface area contributed by atoms with E-state index in [0.29, 0.717) is 0 Å². The lowest BCUT2D eigenvalue weighted by Gasteiger charge is -2.36. The fourth-order valence-corrected chi connectivity index (χ4v) is 2.20. The molecule has 0 bridgehead atoms. The number of hydrogen-bond acceptors (Lipinski definition) is 1. The zero-order chi connectivity index (χ0) is 9.28. The van der Waals surface area contributed by atoms with Gasteiger partial charge in [0.25, 0.3) is 0 Å². The molecule has 0 heterocycles. The zero-order valence-electron chi connectivity index (χ0n) is 8.52. The Morgan fingerprint density at radius 2 is 1.73 bits per heavy atom. The van der Waals surface area contributed by atoms with Crippen LogP contribution in [0, 0.1) is 0 Å². The topological polar surface area (TPSA) is 20.2 Å². The third-order valence-corrected chi connectivity index (χ3v) is 5.98. The van der Waals surface area contributed by atoms with Gasteiger partial charge in [-0.15, -0.1) is 0 Å². The Balaban J connectivity index is 4.74. The van der Waals surface area contributed by atoms with Crippen molar-refractivity contribution in [3.8, 4) is 0 Å². The van der Waals surface area contributed by atoms with Gasteiger partial charge in [-0.05, 0) is 26.3 Å². The van der Waals surface area contributed by atoms with Crippen molar-refractivity contribution in [3.63, 3.8) is 0 Å². The molecule has 0 rings (SSSR count). The molecule has 11 heavy (non-hydrogen) atoms. The SMILES string of the molecule is CC=C(C)C(C)(O)[Si](C)(C)C. The molecule has 0 fully saturated rings. The molecule has 0 aromatic heterocycles. The molecular formula is C9H20OSi. The lowest BCUT2D eigenvalue weighted by atomic mass is 10.2. The van der Waals surface area contributed by atoms with Crippen molar-refractivity contribution in [3.05, 3.63) is 11.6 Å². The maximum absolute atomic E-state index is 10.1. The van der Waals surface area contributed by atoms with Crippen LogP contribution < -0.4 is 0 Å². The van der Waals surface area contributed by atoms with Crippen LogP contribution in [-0.2, 0) is 0 Å². The van der Waals surface area contributed by atoms with Gasteiger partial charge in [0.05, 0.1) is 13.3 Å². The van der Waals surface area contributed by atoms with Crippen molar-refractivity contribution in [2.45, 2.75) is 45.6 Å². The summed E-state index contributed by atoms with van der Waals surface area (Å²) in [6, 6.07) is 0. The van der Waals surface area contributed by atoms with E-state index in [9.17, 15) is 5.11 Å². The average molecular weight is 172 g/mol. The largest absolute Gasteiger partial charge is 0.389 e. The number of hydrogen-bond donors (Lipinski definition) is 1. The standard InChI is InChI=1S/C9H20OSi/c1-7-8(2)9(3,10)11(4,5)6/h7,10H,1-6H3. The molecule has 66 valence electrons. The summed E-state index contributed by atoms with van der Waals surface area (Å²) in [4.78, 5) is 0. The fraction of sp³-hybridized carbons (Fsp3) is 0.778. The van der Waals surface area contributed by atoms with E-state index in [1.807, 2.05) is 26.8 Å². The van der Waals surface area contributed by atoms with E-state index in [1.165, 1.54) is 0 Å². The predicted molar refractivity (Wildman–Crippen MR) is 53.4 cm³/mol. The van der Waals surface area contributed by atoms with Gasteiger partial charge in [0.15, 0.2) is 0 Å². The second-order valence-electron chi connectivity index (χ2n) is 4.29. The molecule has 0 saturated carbocycles. The third kappa shape index (κ3) is 2.17. The van der Waals surface area contributed by atoms with Gasteiger partial charge in [0, 0.05) is 0 Å². The van der Waals surface area contributed by atoms with Crippen LogP contribution in [0.1, 0.15) is 20.8 Å². The Labute approximate surface area is 71.1 Å². The van der Waals surface area contributed by atoms with Crippen LogP contribution in [0.4, 0.5) is 0 Å². The van der Waals surface area contributed by atoms with Crippen LogP contribution in [0.25, 0.3) is 0 Å². The summed E-state index contributed by atoms with van der Waals surface area (Å²) in [5, 5.41) is 9.56. The molecule has 2 heteroatoms. The lowest BCUT2D eigenvalue weighted by Crippen LogP contribution is -2.50. The van der Waals surface area contributed by atoms with Crippen molar-refractivity contribution in [2.24, 2.45) is 0 Å². The molecule has 0 aliphatic heterocycles. The number of rotatable bonds is 2. The summed E-state index contributed by atoms with van der Waals surface area (Å²) in [6.07, 6.45) is 2.00. The summed E-state index contributed by atoms with van der Waals surface area (Å²) in [5.74, 6) is 0. The van der Waals surface area contributed by atoms with Gasteiger partial charge in [-0.3, -0.25) is 0 Å². The van der Waals surface area contributed by atoms with Gasteiger partial charge in [0.1, 0.15) is 0 Å². The minimum absolute atomic E-state index is 0.554. The molecule has 0 spiro atoms. The van der Waals surface area contributed by atoms with Crippen LogP contribution in [0.15, 0.2) is 11.6 Å². The van der Waals surface area contributed by atoms with Gasteiger partial charge in [-0.2, -0.15) is 0 Å². The molecule has 0 radical (unpaired) electrons. The molecule has 1 atom stereocenters. The van der Waals surface area contributed by atoms with Crippen LogP contribution in [-0.4, -0.2) is 18.4 Å². The van der Waals surface area contributed by atoms with Gasteiger partial charge in [-0.25, -0.2) is 0 Å². The van der Waals surface area contributed by atoms with Crippen LogP contribution in [0.3, 0.4) is 0 Å². The predicted octanol–water partition coefficient (Wildman–Crippen LogP) is 2.58. The molecule has 0 aliphatic rings. The van der Waals surface area contributed by atoms with Crippen molar-refractivity contribution in [1.82, 2.24) is 0 Å². The molecule has 0 aromatic rings. The molecule has 1 N–H and O–H groups in total. The Morgan fingerprint density at radius 1 is 1.36 bits per heavy atom. The van der Waals surface area contributed by atoms with E-state index in [-0.39, 0.29) is 0 Å². The first-order valence-electron chi connectivity index (χ1n) is 4.09. The van der Waals surface area contributed by atoms with Crippen molar-refractivity contribution in [1.29, 1.82) is 0 Å². The summed E-state index contributed by atoms with van der Waals surface area (Å²) in [6.45, 7) is 12.4. The maximum atomic E-state index is 10.1. The highest BCUT2D eigenvalue weighted by atomic mass is 28.3. The number of aliphatic hydroxyl groups is 1. The van der Waals surface area contributed by atoms with E-state index in [0.717, 1.165) is 5.57 Å². The Hall–Kier alpha value is -0.0831. The highest BCUT2D eigenvalue weighted by Gasteiger charge is 2.37. The van der Waals surface area contributed by atoms with Crippen molar-refractivity contribution < 1.29 is 5.11 Å². The average Bonchev–Trinajstić information content (AvgIpc) is 1.83. The van der Waals surface area contributed by atoms with E-state index in [1.54, 1.807) is 0 Å². The molecular weight excluding hydrogens is 152 g/mol. The summed E-state index contributed by atoms with van der Waals surface area (Å²) in [5.41, 5.74) is 1.09. The maximum Gasteiger partial charge on any atom is 0.0869 e. The first-order valence-corrected chi connectivity index (χ1v) is 7.59. The molecule has 0 saturated heterocycles. The highest BCUT2D eigenvalue weighted by Crippen LogP contribution is 2.27. The van der Waals surface area contributed by atoms with E-state index in [4.69, 9.17) is 0 Å². The van der Waals surface area contributed by atoms with E-state index < -0.39 is 13.3 Å². The molecule has 1 nitrogen and oxygen atoms in total. The summed E-state index contributed by atoms with van der Waals surface area (Å²) in [7, 11) is -1.48. The van der Waals surface area contributed by atoms with Gasteiger partial charge >= 0.3 is 0 Å². The van der Waals surface area contributed by atoms with Crippen molar-refractivity contribution >= 4 is 8.07 Å². The van der Waals surface area contributed by atoms with Crippen LogP contribution >= 0.6 is 0 Å². The second kappa shape index (κ2) is 3.11. The van der Waals surface area contributed by atoms with E-state index in [2.05, 4.69) is 19.6 Å². The minimum atomic E-state index is -1.48. The molecule has 0 aromatic carbocycles. The van der Waals surface area contributed by atoms with Gasteiger partial charge in [0.2, 0.25) is 0 Å². The summed E-state index contributed by atoms with van der Waals surface area (Å²) < 4.78 is 0. The van der Waals surface area contributed by atoms with Crippen molar-refractivity contribution in [2.75, 3.05) is 0 Å². The molecule has 0 amide bonds. The second-order valence-corrected chi connectivity index (χ2v) is 9.77. The fourth-order valence-electron chi connectivity index (χ4n) is 0.873. The first kappa shape index (κ1) is 10.9. The normalized spacial score (nSPS) is 19.7. The summed E-state index contributed by atoms with van der Waals surface area (Å²) >= 11 is 0. The Morgan fingerprint density at radius 3 is 1.82 bits per heavy atom. The third-order valence-electron chi connectivity index (χ3n) is 2.66. The smallest absolute Gasteiger partial charge is 0.0869 e. The van der Waals surface area contributed by atoms with Crippen LogP contribution in [0.2, 0.25) is 19.6 Å². The molecule has 1 unspecified atom stereocenters. The monoisotopic (exact) mass is 172 g/mol. The minimum Gasteiger partial charge on any atom is -0.389 e. The van der Waals surface area contributed by atoms with Crippen LogP contribution in [0.5, 0.6) is 0 Å². The Bertz CT molecular complexity index is 163. The van der Waals surface area contributed by atoms with Gasteiger partial charge in [-0.1, -0.05) is 25.7 Å². The number of allylic oxidation sites excluding steroid dienone is 1. The highest BCUT2D eigenvalue weighted by molar-refractivity contribution is 6.79. The first-order chi connectivity index (χ1) is 4.73. The lowest BCUT2D eigenvalue weighted by molar-refractivity contribution is 0.174. The van der Waals surface area contributed by atoms with E-state index >= 15 is 0 Å². The molecule has 0 aliphatic carbocycles. The quantitative estimate of drug-likeness (QED) is 0.501. The zero-order valence-corrected chi connectivity index (χ0v) is 9.52. The van der Waals surface area contributed by atoms with Gasteiger partial charge < -0.3 is 5.11 Å².